The minimum absolute atomic E-state index is 0.0271. The van der Waals surface area contributed by atoms with Gasteiger partial charge in [-0.25, -0.2) is 8.78 Å². The van der Waals surface area contributed by atoms with E-state index in [-0.39, 0.29) is 23.8 Å². The van der Waals surface area contributed by atoms with E-state index in [2.05, 4.69) is 11.1 Å². The summed E-state index contributed by atoms with van der Waals surface area (Å²) in [6, 6.07) is 10.3. The zero-order valence-electron chi connectivity index (χ0n) is 17.5. The highest BCUT2D eigenvalue weighted by molar-refractivity contribution is 5.63. The summed E-state index contributed by atoms with van der Waals surface area (Å²) in [6.45, 7) is 1.13. The van der Waals surface area contributed by atoms with E-state index in [4.69, 9.17) is 14.2 Å². The Morgan fingerprint density at radius 3 is 2.68 bits per heavy atom. The normalized spacial score (nSPS) is 32.0. The summed E-state index contributed by atoms with van der Waals surface area (Å²) in [5.74, 6) is -0.500. The van der Waals surface area contributed by atoms with Crippen molar-refractivity contribution in [1.82, 2.24) is 4.98 Å². The molecule has 1 saturated heterocycles. The van der Waals surface area contributed by atoms with E-state index in [1.165, 1.54) is 12.1 Å². The van der Waals surface area contributed by atoms with Gasteiger partial charge in [0.1, 0.15) is 12.0 Å². The van der Waals surface area contributed by atoms with Crippen LogP contribution >= 0.6 is 0 Å². The van der Waals surface area contributed by atoms with Gasteiger partial charge in [0.05, 0.1) is 25.0 Å². The quantitative estimate of drug-likeness (QED) is 0.685. The Morgan fingerprint density at radius 2 is 1.97 bits per heavy atom. The van der Waals surface area contributed by atoms with Gasteiger partial charge in [-0.05, 0) is 54.5 Å². The summed E-state index contributed by atoms with van der Waals surface area (Å²) < 4.78 is 45.7. The summed E-state index contributed by atoms with van der Waals surface area (Å²) in [7, 11) is 1.58. The highest BCUT2D eigenvalue weighted by atomic mass is 19.1. The number of pyridine rings is 1. The zero-order chi connectivity index (χ0) is 21.4. The van der Waals surface area contributed by atoms with Crippen LogP contribution in [-0.2, 0) is 14.2 Å². The first kappa shape index (κ1) is 20.7. The molecule has 31 heavy (non-hydrogen) atoms. The van der Waals surface area contributed by atoms with Crippen LogP contribution in [0.2, 0.25) is 0 Å². The van der Waals surface area contributed by atoms with Crippen molar-refractivity contribution in [3.05, 3.63) is 60.2 Å². The Kier molecular flexibility index (Phi) is 5.63. The van der Waals surface area contributed by atoms with Crippen LogP contribution in [0.3, 0.4) is 0 Å². The van der Waals surface area contributed by atoms with E-state index in [1.807, 2.05) is 24.3 Å². The molecule has 1 aliphatic heterocycles. The third-order valence-electron chi connectivity index (χ3n) is 7.05. The topological polar surface area (TPSA) is 40.6 Å². The molecule has 1 aromatic carbocycles. The van der Waals surface area contributed by atoms with E-state index < -0.39 is 12.0 Å². The molecule has 2 aliphatic carbocycles. The summed E-state index contributed by atoms with van der Waals surface area (Å²) in [4.78, 5) is 4.52. The van der Waals surface area contributed by atoms with E-state index in [0.29, 0.717) is 32.0 Å². The van der Waals surface area contributed by atoms with E-state index in [1.54, 1.807) is 19.4 Å². The van der Waals surface area contributed by atoms with Crippen LogP contribution in [-0.4, -0.2) is 43.4 Å². The number of alkyl halides is 1. The van der Waals surface area contributed by atoms with Gasteiger partial charge in [0.25, 0.3) is 0 Å². The lowest BCUT2D eigenvalue weighted by Crippen LogP contribution is -2.39. The minimum Gasteiger partial charge on any atom is -0.378 e. The summed E-state index contributed by atoms with van der Waals surface area (Å²) in [5, 5.41) is 0. The van der Waals surface area contributed by atoms with Crippen molar-refractivity contribution in [2.75, 3.05) is 20.3 Å². The Labute approximate surface area is 181 Å². The SMILES string of the molecule is CO[C@H]1C[C@H]2CC3(OCCO3)[C@@H](/C=C/c3ccc(-c4cccc(F)c4)cn3)[C@@H]2C[C@@H]1F. The van der Waals surface area contributed by atoms with Gasteiger partial charge in [-0.1, -0.05) is 24.3 Å². The number of benzene rings is 1. The fourth-order valence-corrected chi connectivity index (χ4v) is 5.59. The first-order chi connectivity index (χ1) is 15.1. The number of methoxy groups -OCH3 is 1. The molecule has 5 rings (SSSR count). The predicted molar refractivity (Wildman–Crippen MR) is 113 cm³/mol. The lowest BCUT2D eigenvalue weighted by molar-refractivity contribution is -0.175. The van der Waals surface area contributed by atoms with Gasteiger partial charge in [0.2, 0.25) is 0 Å². The molecule has 0 unspecified atom stereocenters. The largest absolute Gasteiger partial charge is 0.378 e. The summed E-state index contributed by atoms with van der Waals surface area (Å²) >= 11 is 0. The van der Waals surface area contributed by atoms with E-state index in [9.17, 15) is 8.78 Å². The maximum Gasteiger partial charge on any atom is 0.175 e. The van der Waals surface area contributed by atoms with Gasteiger partial charge in [0.15, 0.2) is 5.79 Å². The van der Waals surface area contributed by atoms with Crippen LogP contribution in [0.1, 0.15) is 25.0 Å². The van der Waals surface area contributed by atoms with Gasteiger partial charge >= 0.3 is 0 Å². The second-order valence-electron chi connectivity index (χ2n) is 8.77. The molecule has 3 aliphatic rings. The number of halogens is 2. The first-order valence-electron chi connectivity index (χ1n) is 10.9. The molecule has 1 spiro atoms. The molecule has 1 aromatic heterocycles. The Balaban J connectivity index is 1.37. The van der Waals surface area contributed by atoms with Crippen molar-refractivity contribution < 1.29 is 23.0 Å². The summed E-state index contributed by atoms with van der Waals surface area (Å²) in [6.07, 6.45) is 6.39. The van der Waals surface area contributed by atoms with Crippen LogP contribution in [0.5, 0.6) is 0 Å². The fourth-order valence-electron chi connectivity index (χ4n) is 5.59. The molecule has 6 heteroatoms. The number of hydrogen-bond donors (Lipinski definition) is 0. The molecule has 2 heterocycles. The molecule has 0 N–H and O–H groups in total. The third-order valence-corrected chi connectivity index (χ3v) is 7.05. The highest BCUT2D eigenvalue weighted by Gasteiger charge is 2.58. The predicted octanol–water partition coefficient (Wildman–Crippen LogP) is 5.04. The van der Waals surface area contributed by atoms with Crippen molar-refractivity contribution in [2.24, 2.45) is 17.8 Å². The smallest absolute Gasteiger partial charge is 0.175 e. The molecule has 3 fully saturated rings. The third kappa shape index (κ3) is 3.93. The standard InChI is InChI=1S/C25H27F2NO3/c1-29-24-12-18-14-25(30-9-10-31-25)22(21(18)13-23(24)27)8-7-20-6-5-17(15-28-20)16-3-2-4-19(26)11-16/h2-8,11,15,18,21-24H,9-10,12-14H2,1H3/b8-7+/t18-,21+,22-,23-,24-/m0/s1. The summed E-state index contributed by atoms with van der Waals surface area (Å²) in [5.41, 5.74) is 2.44. The second kappa shape index (κ2) is 8.41. The van der Waals surface area contributed by atoms with Crippen molar-refractivity contribution >= 4 is 6.08 Å². The molecular weight excluding hydrogens is 400 g/mol. The number of hydrogen-bond acceptors (Lipinski definition) is 4. The zero-order valence-corrected chi connectivity index (χ0v) is 17.5. The minimum atomic E-state index is -0.970. The van der Waals surface area contributed by atoms with Crippen molar-refractivity contribution in [3.8, 4) is 11.1 Å². The second-order valence-corrected chi connectivity index (χ2v) is 8.77. The number of rotatable bonds is 4. The van der Waals surface area contributed by atoms with Crippen molar-refractivity contribution in [2.45, 2.75) is 37.3 Å². The molecule has 2 saturated carbocycles. The van der Waals surface area contributed by atoms with Gasteiger partial charge in [-0.2, -0.15) is 0 Å². The van der Waals surface area contributed by atoms with E-state index >= 15 is 0 Å². The number of nitrogens with zero attached hydrogens (tertiary/aromatic N) is 1. The number of ether oxygens (including phenoxy) is 3. The Morgan fingerprint density at radius 1 is 1.13 bits per heavy atom. The number of aromatic nitrogens is 1. The average molecular weight is 427 g/mol. The lowest BCUT2D eigenvalue weighted by Gasteiger charge is -2.35. The molecule has 5 atom stereocenters. The molecule has 4 nitrogen and oxygen atoms in total. The van der Waals surface area contributed by atoms with E-state index in [0.717, 1.165) is 23.2 Å². The van der Waals surface area contributed by atoms with Crippen LogP contribution in [0, 0.1) is 23.6 Å². The van der Waals surface area contributed by atoms with Crippen LogP contribution in [0.25, 0.3) is 17.2 Å². The molecule has 2 aromatic rings. The highest BCUT2D eigenvalue weighted by Crippen LogP contribution is 2.55. The Bertz CT molecular complexity index is 942. The van der Waals surface area contributed by atoms with Crippen molar-refractivity contribution in [1.29, 1.82) is 0 Å². The maximum atomic E-state index is 14.7. The van der Waals surface area contributed by atoms with Crippen LogP contribution < -0.4 is 0 Å². The molecule has 0 bridgehead atoms. The van der Waals surface area contributed by atoms with Crippen molar-refractivity contribution in [3.63, 3.8) is 0 Å². The van der Waals surface area contributed by atoms with Gasteiger partial charge < -0.3 is 14.2 Å². The molecular formula is C25H27F2NO3. The van der Waals surface area contributed by atoms with Gasteiger partial charge in [0, 0.05) is 31.2 Å². The molecule has 0 radical (unpaired) electrons. The lowest BCUT2D eigenvalue weighted by atomic mass is 9.75. The number of fused-ring (bicyclic) bond motifs is 1. The van der Waals surface area contributed by atoms with Crippen LogP contribution in [0.4, 0.5) is 8.78 Å². The monoisotopic (exact) mass is 427 g/mol. The first-order valence-corrected chi connectivity index (χ1v) is 10.9. The molecule has 164 valence electrons. The van der Waals surface area contributed by atoms with Gasteiger partial charge in [-0.15, -0.1) is 0 Å². The maximum absolute atomic E-state index is 14.7. The van der Waals surface area contributed by atoms with Gasteiger partial charge in [-0.3, -0.25) is 4.98 Å². The molecule has 0 amide bonds. The Hall–Kier alpha value is -2.15. The average Bonchev–Trinajstić information content (AvgIpc) is 3.36. The fraction of sp³-hybridized carbons (Fsp3) is 0.480. The van der Waals surface area contributed by atoms with Crippen LogP contribution in [0.15, 0.2) is 48.7 Å².